The van der Waals surface area contributed by atoms with E-state index in [0.29, 0.717) is 27.8 Å². The van der Waals surface area contributed by atoms with Gasteiger partial charge >= 0.3 is 0 Å². The van der Waals surface area contributed by atoms with Crippen LogP contribution in [-0.2, 0) is 9.59 Å². The number of rotatable bonds is 9. The third kappa shape index (κ3) is 7.49. The average Bonchev–Trinajstić information content (AvgIpc) is 2.64. The van der Waals surface area contributed by atoms with E-state index in [9.17, 15) is 9.59 Å². The van der Waals surface area contributed by atoms with E-state index in [1.54, 1.807) is 24.3 Å². The Balaban J connectivity index is 1.83. The molecule has 0 aliphatic heterocycles. The van der Waals surface area contributed by atoms with Crippen LogP contribution < -0.4 is 16.0 Å². The maximum Gasteiger partial charge on any atom is 0.243 e. The number of carbonyl (C=O) groups is 2. The zero-order chi connectivity index (χ0) is 19.6. The lowest BCUT2D eigenvalue weighted by Gasteiger charge is -2.10. The van der Waals surface area contributed by atoms with E-state index in [1.165, 1.54) is 0 Å². The zero-order valence-corrected chi connectivity index (χ0v) is 16.7. The minimum Gasteiger partial charge on any atom is -0.376 e. The van der Waals surface area contributed by atoms with Crippen molar-refractivity contribution in [3.63, 3.8) is 0 Å². The molecule has 0 aliphatic carbocycles. The summed E-state index contributed by atoms with van der Waals surface area (Å²) in [4.78, 5) is 24.0. The molecule has 2 aromatic rings. The van der Waals surface area contributed by atoms with Crippen LogP contribution in [0.4, 0.5) is 17.1 Å². The molecule has 0 aliphatic rings. The van der Waals surface area contributed by atoms with E-state index in [1.807, 2.05) is 18.2 Å². The van der Waals surface area contributed by atoms with E-state index in [-0.39, 0.29) is 18.4 Å². The molecule has 0 radical (unpaired) electrons. The normalized spacial score (nSPS) is 10.3. The summed E-state index contributed by atoms with van der Waals surface area (Å²) >= 11 is 11.8. The molecule has 0 spiro atoms. The maximum absolute atomic E-state index is 12.1. The Bertz CT molecular complexity index is 797. The fraction of sp³-hybridized carbons (Fsp3) is 0.300. The first-order valence-electron chi connectivity index (χ1n) is 8.86. The first kappa shape index (κ1) is 21.1. The number of hydrogen-bond donors (Lipinski definition) is 3. The molecule has 5 nitrogen and oxygen atoms in total. The second-order valence-corrected chi connectivity index (χ2v) is 6.93. The summed E-state index contributed by atoms with van der Waals surface area (Å²) in [5.41, 5.74) is 2.02. The SMILES string of the molecule is CCCCCC(=O)Nc1cccc(NCC(=O)Nc2ccc(Cl)c(Cl)c2)c1. The predicted octanol–water partition coefficient (Wildman–Crippen LogP) is 5.56. The lowest BCUT2D eigenvalue weighted by molar-refractivity contribution is -0.116. The van der Waals surface area contributed by atoms with Gasteiger partial charge in [-0.25, -0.2) is 0 Å². The Kier molecular flexibility index (Phi) is 8.43. The zero-order valence-electron chi connectivity index (χ0n) is 15.1. The highest BCUT2D eigenvalue weighted by molar-refractivity contribution is 6.42. The van der Waals surface area contributed by atoms with Gasteiger partial charge in [0, 0.05) is 23.5 Å². The van der Waals surface area contributed by atoms with Crippen molar-refractivity contribution in [2.75, 3.05) is 22.5 Å². The Morgan fingerprint density at radius 3 is 2.30 bits per heavy atom. The molecule has 0 bridgehead atoms. The highest BCUT2D eigenvalue weighted by Crippen LogP contribution is 2.25. The van der Waals surface area contributed by atoms with Crippen LogP contribution in [0.25, 0.3) is 0 Å². The van der Waals surface area contributed by atoms with Gasteiger partial charge in [-0.2, -0.15) is 0 Å². The molecule has 0 saturated heterocycles. The first-order chi connectivity index (χ1) is 13.0. The van der Waals surface area contributed by atoms with Crippen molar-refractivity contribution >= 4 is 52.1 Å². The molecule has 0 fully saturated rings. The van der Waals surface area contributed by atoms with Crippen LogP contribution in [0, 0.1) is 0 Å². The standard InChI is InChI=1S/C20H23Cl2N3O2/c1-2-3-4-8-19(26)24-15-7-5-6-14(11-15)23-13-20(27)25-16-9-10-17(21)18(22)12-16/h5-7,9-12,23H,2-4,8,13H2,1H3,(H,24,26)(H,25,27). The number of halogens is 2. The van der Waals surface area contributed by atoms with Crippen LogP contribution in [-0.4, -0.2) is 18.4 Å². The minimum absolute atomic E-state index is 0.00189. The predicted molar refractivity (Wildman–Crippen MR) is 113 cm³/mol. The van der Waals surface area contributed by atoms with Crippen LogP contribution in [0.1, 0.15) is 32.6 Å². The van der Waals surface area contributed by atoms with E-state index < -0.39 is 0 Å². The van der Waals surface area contributed by atoms with Crippen LogP contribution >= 0.6 is 23.2 Å². The smallest absolute Gasteiger partial charge is 0.243 e. The van der Waals surface area contributed by atoms with Crippen molar-refractivity contribution in [1.29, 1.82) is 0 Å². The quantitative estimate of drug-likeness (QED) is 0.476. The second-order valence-electron chi connectivity index (χ2n) is 6.12. The maximum atomic E-state index is 12.1. The van der Waals surface area contributed by atoms with Crippen LogP contribution in [0.2, 0.25) is 10.0 Å². The molecular formula is C20H23Cl2N3O2. The van der Waals surface area contributed by atoms with Gasteiger partial charge in [0.2, 0.25) is 11.8 Å². The Morgan fingerprint density at radius 1 is 0.852 bits per heavy atom. The molecule has 7 heteroatoms. The van der Waals surface area contributed by atoms with Crippen LogP contribution in [0.5, 0.6) is 0 Å². The van der Waals surface area contributed by atoms with Gasteiger partial charge < -0.3 is 16.0 Å². The van der Waals surface area contributed by atoms with Crippen molar-refractivity contribution in [1.82, 2.24) is 0 Å². The lowest BCUT2D eigenvalue weighted by atomic mass is 10.2. The number of benzene rings is 2. The fourth-order valence-electron chi connectivity index (χ4n) is 2.43. The molecule has 0 heterocycles. The minimum atomic E-state index is -0.220. The van der Waals surface area contributed by atoms with Crippen LogP contribution in [0.15, 0.2) is 42.5 Å². The largest absolute Gasteiger partial charge is 0.376 e. The number of amides is 2. The van der Waals surface area contributed by atoms with Gasteiger partial charge in [-0.05, 0) is 42.8 Å². The summed E-state index contributed by atoms with van der Waals surface area (Å²) in [7, 11) is 0. The highest BCUT2D eigenvalue weighted by atomic mass is 35.5. The topological polar surface area (TPSA) is 70.2 Å². The molecule has 2 aromatic carbocycles. The highest BCUT2D eigenvalue weighted by Gasteiger charge is 2.06. The van der Waals surface area contributed by atoms with Crippen molar-refractivity contribution < 1.29 is 9.59 Å². The monoisotopic (exact) mass is 407 g/mol. The number of carbonyl (C=O) groups excluding carboxylic acids is 2. The summed E-state index contributed by atoms with van der Waals surface area (Å²) in [6.45, 7) is 2.18. The summed E-state index contributed by atoms with van der Waals surface area (Å²) in [5.74, 6) is -0.222. The lowest BCUT2D eigenvalue weighted by Crippen LogP contribution is -2.21. The molecule has 0 atom stereocenters. The van der Waals surface area contributed by atoms with E-state index in [0.717, 1.165) is 24.9 Å². The summed E-state index contributed by atoms with van der Waals surface area (Å²) in [5, 5.41) is 9.46. The van der Waals surface area contributed by atoms with Crippen molar-refractivity contribution in [2.24, 2.45) is 0 Å². The van der Waals surface area contributed by atoms with Gasteiger partial charge in [0.15, 0.2) is 0 Å². The third-order valence-corrected chi connectivity index (χ3v) is 4.55. The van der Waals surface area contributed by atoms with Gasteiger partial charge in [0.1, 0.15) is 0 Å². The summed E-state index contributed by atoms with van der Waals surface area (Å²) < 4.78 is 0. The molecule has 27 heavy (non-hydrogen) atoms. The molecular weight excluding hydrogens is 385 g/mol. The first-order valence-corrected chi connectivity index (χ1v) is 9.62. The molecule has 3 N–H and O–H groups in total. The fourth-order valence-corrected chi connectivity index (χ4v) is 2.73. The molecule has 0 aromatic heterocycles. The number of hydrogen-bond acceptors (Lipinski definition) is 3. The van der Waals surface area contributed by atoms with Gasteiger partial charge in [-0.15, -0.1) is 0 Å². The summed E-state index contributed by atoms with van der Waals surface area (Å²) in [6, 6.07) is 12.2. The third-order valence-electron chi connectivity index (χ3n) is 3.81. The van der Waals surface area contributed by atoms with E-state index >= 15 is 0 Å². The van der Waals surface area contributed by atoms with Gasteiger partial charge in [-0.1, -0.05) is 49.0 Å². The molecule has 2 rings (SSSR count). The molecule has 0 unspecified atom stereocenters. The molecule has 144 valence electrons. The number of anilines is 3. The Labute approximate surface area is 169 Å². The van der Waals surface area contributed by atoms with Crippen molar-refractivity contribution in [2.45, 2.75) is 32.6 Å². The Hall–Kier alpha value is -2.24. The van der Waals surface area contributed by atoms with Crippen molar-refractivity contribution in [3.8, 4) is 0 Å². The van der Waals surface area contributed by atoms with E-state index in [4.69, 9.17) is 23.2 Å². The van der Waals surface area contributed by atoms with Gasteiger partial charge in [0.25, 0.3) is 0 Å². The Morgan fingerprint density at radius 2 is 1.56 bits per heavy atom. The van der Waals surface area contributed by atoms with Gasteiger partial charge in [0.05, 0.1) is 16.6 Å². The number of nitrogens with one attached hydrogen (secondary N) is 3. The molecule has 2 amide bonds. The molecule has 0 saturated carbocycles. The van der Waals surface area contributed by atoms with Crippen molar-refractivity contribution in [3.05, 3.63) is 52.5 Å². The second kappa shape index (κ2) is 10.8. The van der Waals surface area contributed by atoms with Crippen LogP contribution in [0.3, 0.4) is 0 Å². The van der Waals surface area contributed by atoms with Gasteiger partial charge in [-0.3, -0.25) is 9.59 Å². The number of unbranched alkanes of at least 4 members (excludes halogenated alkanes) is 2. The average molecular weight is 408 g/mol. The van der Waals surface area contributed by atoms with E-state index in [2.05, 4.69) is 22.9 Å². The summed E-state index contributed by atoms with van der Waals surface area (Å²) in [6.07, 6.45) is 3.52.